The van der Waals surface area contributed by atoms with Crippen molar-refractivity contribution < 1.29 is 27.5 Å². The molecule has 0 saturated carbocycles. The number of halogens is 3. The fraction of sp³-hybridized carbons (Fsp3) is 0.357. The number of hydrogen-bond donors (Lipinski definition) is 3. The van der Waals surface area contributed by atoms with Gasteiger partial charge in [-0.25, -0.2) is 14.5 Å². The quantitative estimate of drug-likeness (QED) is 0.354. The number of pyridine rings is 2. The number of aryl methyl sites for hydroxylation is 1. The molecule has 3 rings (SSSR count). The fourth-order valence-electron chi connectivity index (χ4n) is 3.77. The number of carbonyl (C=O) groups is 2. The number of rotatable bonds is 9. The van der Waals surface area contributed by atoms with E-state index in [0.717, 1.165) is 6.07 Å². The molecule has 9 nitrogen and oxygen atoms in total. The molecular formula is C28H32F3N5O4. The number of anilines is 1. The van der Waals surface area contributed by atoms with Gasteiger partial charge in [-0.2, -0.15) is 13.2 Å². The van der Waals surface area contributed by atoms with E-state index in [1.165, 1.54) is 35.3 Å². The zero-order chi connectivity index (χ0) is 29.5. The number of alkyl halides is 3. The van der Waals surface area contributed by atoms with Gasteiger partial charge in [0.15, 0.2) is 0 Å². The standard InChI is InChI=1S/C28H32F3N5O4/c1-18-12-14-36(34-13-11-20-7-5-6-8-22(20)28(29,30)31)25(38)21(18)15-24(37)33-17-19-9-10-23(32-16-19)35-26(39)40-27(2,3)4/h5-10,12,14,16,34H,11,13,15,17H2,1-4H3,(H,33,37)(H,32,35,39). The smallest absolute Gasteiger partial charge is 0.416 e. The highest BCUT2D eigenvalue weighted by Crippen LogP contribution is 2.31. The van der Waals surface area contributed by atoms with Crippen molar-refractivity contribution in [2.45, 2.75) is 58.9 Å². The highest BCUT2D eigenvalue weighted by Gasteiger charge is 2.32. The van der Waals surface area contributed by atoms with Crippen molar-refractivity contribution in [3.8, 4) is 0 Å². The molecule has 0 aliphatic heterocycles. The minimum Gasteiger partial charge on any atom is -0.444 e. The average molecular weight is 560 g/mol. The Morgan fingerprint density at radius 3 is 2.42 bits per heavy atom. The molecule has 1 aromatic carbocycles. The Labute approximate surface area is 229 Å². The molecule has 40 heavy (non-hydrogen) atoms. The highest BCUT2D eigenvalue weighted by atomic mass is 19.4. The maximum absolute atomic E-state index is 13.2. The third-order valence-corrected chi connectivity index (χ3v) is 5.71. The average Bonchev–Trinajstić information content (AvgIpc) is 2.86. The second-order valence-electron chi connectivity index (χ2n) is 10.1. The summed E-state index contributed by atoms with van der Waals surface area (Å²) in [4.78, 5) is 41.5. The van der Waals surface area contributed by atoms with Crippen molar-refractivity contribution in [2.24, 2.45) is 0 Å². The number of hydrogen-bond acceptors (Lipinski definition) is 6. The number of carbonyl (C=O) groups excluding carboxylic acids is 2. The van der Waals surface area contributed by atoms with Gasteiger partial charge in [0.2, 0.25) is 5.91 Å². The number of amides is 2. The van der Waals surface area contributed by atoms with Crippen molar-refractivity contribution in [3.05, 3.63) is 93.0 Å². The monoisotopic (exact) mass is 559 g/mol. The summed E-state index contributed by atoms with van der Waals surface area (Å²) in [6.45, 7) is 7.17. The molecular weight excluding hydrogens is 527 g/mol. The van der Waals surface area contributed by atoms with Crippen LogP contribution in [-0.4, -0.2) is 33.8 Å². The van der Waals surface area contributed by atoms with Gasteiger partial charge in [0.05, 0.1) is 12.0 Å². The van der Waals surface area contributed by atoms with Gasteiger partial charge in [0, 0.05) is 31.0 Å². The predicted octanol–water partition coefficient (Wildman–Crippen LogP) is 4.56. The summed E-state index contributed by atoms with van der Waals surface area (Å²) in [5.41, 5.74) is 2.67. The summed E-state index contributed by atoms with van der Waals surface area (Å²) in [7, 11) is 0. The van der Waals surface area contributed by atoms with Crippen LogP contribution in [0.5, 0.6) is 0 Å². The lowest BCUT2D eigenvalue weighted by Gasteiger charge is -2.19. The van der Waals surface area contributed by atoms with Crippen LogP contribution in [0, 0.1) is 6.92 Å². The van der Waals surface area contributed by atoms with Crippen LogP contribution in [0.15, 0.2) is 59.7 Å². The summed E-state index contributed by atoms with van der Waals surface area (Å²) in [5, 5.41) is 5.25. The van der Waals surface area contributed by atoms with Crippen LogP contribution in [-0.2, 0) is 35.1 Å². The number of nitrogens with zero attached hydrogens (tertiary/aromatic N) is 2. The Hall–Kier alpha value is -4.35. The summed E-state index contributed by atoms with van der Waals surface area (Å²) in [5.74, 6) is -0.104. The van der Waals surface area contributed by atoms with E-state index in [9.17, 15) is 27.6 Å². The summed E-state index contributed by atoms with van der Waals surface area (Å²) in [6.07, 6.45) is -2.26. The summed E-state index contributed by atoms with van der Waals surface area (Å²) in [6, 6.07) is 10.2. The summed E-state index contributed by atoms with van der Waals surface area (Å²) < 4.78 is 46.0. The van der Waals surface area contributed by atoms with Crippen molar-refractivity contribution in [2.75, 3.05) is 17.3 Å². The van der Waals surface area contributed by atoms with Gasteiger partial charge < -0.3 is 15.5 Å². The lowest BCUT2D eigenvalue weighted by atomic mass is 10.0. The molecule has 0 bridgehead atoms. The third kappa shape index (κ3) is 8.85. The van der Waals surface area contributed by atoms with E-state index in [1.807, 2.05) is 0 Å². The molecule has 0 atom stereocenters. The number of nitrogens with one attached hydrogen (secondary N) is 3. The first-order chi connectivity index (χ1) is 18.7. The van der Waals surface area contributed by atoms with Gasteiger partial charge in [0.1, 0.15) is 11.4 Å². The first kappa shape index (κ1) is 30.2. The van der Waals surface area contributed by atoms with Crippen LogP contribution >= 0.6 is 0 Å². The highest BCUT2D eigenvalue weighted by molar-refractivity contribution is 5.83. The second-order valence-corrected chi connectivity index (χ2v) is 10.1. The molecule has 0 fully saturated rings. The molecule has 0 unspecified atom stereocenters. The lowest BCUT2D eigenvalue weighted by molar-refractivity contribution is -0.138. The van der Waals surface area contributed by atoms with Crippen LogP contribution in [0.4, 0.5) is 23.8 Å². The molecule has 2 aromatic heterocycles. The van der Waals surface area contributed by atoms with Crippen molar-refractivity contribution in [1.29, 1.82) is 0 Å². The summed E-state index contributed by atoms with van der Waals surface area (Å²) >= 11 is 0. The number of aromatic nitrogens is 2. The maximum atomic E-state index is 13.2. The van der Waals surface area contributed by atoms with E-state index in [2.05, 4.69) is 21.0 Å². The minimum absolute atomic E-state index is 0.0476. The molecule has 3 aromatic rings. The molecule has 0 aliphatic rings. The van der Waals surface area contributed by atoms with Gasteiger partial charge in [-0.05, 0) is 69.0 Å². The Morgan fingerprint density at radius 1 is 1.05 bits per heavy atom. The SMILES string of the molecule is Cc1ccn(NCCc2ccccc2C(F)(F)F)c(=O)c1CC(=O)NCc1ccc(NC(=O)OC(C)(C)C)nc1. The van der Waals surface area contributed by atoms with Crippen LogP contribution in [0.1, 0.15) is 48.6 Å². The Bertz CT molecular complexity index is 1400. The van der Waals surface area contributed by atoms with Gasteiger partial charge >= 0.3 is 12.3 Å². The molecule has 0 radical (unpaired) electrons. The van der Waals surface area contributed by atoms with Crippen molar-refractivity contribution in [3.63, 3.8) is 0 Å². The van der Waals surface area contributed by atoms with E-state index in [1.54, 1.807) is 45.9 Å². The van der Waals surface area contributed by atoms with Gasteiger partial charge in [-0.1, -0.05) is 24.3 Å². The van der Waals surface area contributed by atoms with Crippen molar-refractivity contribution >= 4 is 17.8 Å². The Morgan fingerprint density at radius 2 is 1.77 bits per heavy atom. The first-order valence-electron chi connectivity index (χ1n) is 12.5. The topological polar surface area (TPSA) is 114 Å². The first-order valence-corrected chi connectivity index (χ1v) is 12.5. The van der Waals surface area contributed by atoms with E-state index in [0.29, 0.717) is 16.9 Å². The molecule has 2 amide bonds. The Balaban J connectivity index is 1.56. The van der Waals surface area contributed by atoms with Crippen LogP contribution in [0.2, 0.25) is 0 Å². The van der Waals surface area contributed by atoms with Gasteiger partial charge in [-0.15, -0.1) is 0 Å². The molecule has 12 heteroatoms. The largest absolute Gasteiger partial charge is 0.444 e. The van der Waals surface area contributed by atoms with E-state index in [4.69, 9.17) is 4.74 Å². The maximum Gasteiger partial charge on any atom is 0.416 e. The molecule has 214 valence electrons. The normalized spacial score (nSPS) is 11.6. The van der Waals surface area contributed by atoms with Gasteiger partial charge in [-0.3, -0.25) is 14.9 Å². The van der Waals surface area contributed by atoms with E-state index in [-0.39, 0.29) is 37.1 Å². The molecule has 0 spiro atoms. The molecule has 0 saturated heterocycles. The van der Waals surface area contributed by atoms with Crippen LogP contribution in [0.3, 0.4) is 0 Å². The Kier molecular flexibility index (Phi) is 9.56. The minimum atomic E-state index is -4.47. The van der Waals surface area contributed by atoms with Crippen LogP contribution < -0.4 is 21.6 Å². The number of ether oxygens (including phenoxy) is 1. The number of benzene rings is 1. The van der Waals surface area contributed by atoms with Crippen LogP contribution in [0.25, 0.3) is 0 Å². The molecule has 2 heterocycles. The fourth-order valence-corrected chi connectivity index (χ4v) is 3.77. The zero-order valence-corrected chi connectivity index (χ0v) is 22.7. The van der Waals surface area contributed by atoms with E-state index < -0.39 is 34.9 Å². The predicted molar refractivity (Wildman–Crippen MR) is 144 cm³/mol. The lowest BCUT2D eigenvalue weighted by Crippen LogP contribution is -2.35. The third-order valence-electron chi connectivity index (χ3n) is 5.71. The molecule has 3 N–H and O–H groups in total. The zero-order valence-electron chi connectivity index (χ0n) is 22.7. The molecule has 0 aliphatic carbocycles. The van der Waals surface area contributed by atoms with Gasteiger partial charge in [0.25, 0.3) is 5.56 Å². The van der Waals surface area contributed by atoms with Crippen molar-refractivity contribution in [1.82, 2.24) is 15.0 Å². The van der Waals surface area contributed by atoms with E-state index >= 15 is 0 Å². The second kappa shape index (κ2) is 12.7.